The minimum Gasteiger partial charge on any atom is -0.437 e. The molecule has 0 bridgehead atoms. The summed E-state index contributed by atoms with van der Waals surface area (Å²) in [4.78, 5) is 25.1. The van der Waals surface area contributed by atoms with Crippen molar-refractivity contribution in [1.29, 1.82) is 0 Å². The molecule has 1 saturated heterocycles. The van der Waals surface area contributed by atoms with Crippen LogP contribution in [0.1, 0.15) is 12.5 Å². The minimum absolute atomic E-state index is 0.00131. The topological polar surface area (TPSA) is 58.6 Å². The first kappa shape index (κ1) is 22.0. The molecule has 0 aliphatic carbocycles. The highest BCUT2D eigenvalue weighted by molar-refractivity contribution is 6.32. The van der Waals surface area contributed by atoms with Crippen LogP contribution in [0.25, 0.3) is 0 Å². The van der Waals surface area contributed by atoms with Gasteiger partial charge in [0.05, 0.1) is 11.4 Å². The molecule has 0 saturated carbocycles. The summed E-state index contributed by atoms with van der Waals surface area (Å²) in [5, 5.41) is 0.145. The molecule has 4 rings (SSSR count). The molecule has 2 aromatic carbocycles. The average Bonchev–Trinajstić information content (AvgIpc) is 2.77. The molecule has 3 aromatic rings. The third-order valence-electron chi connectivity index (χ3n) is 5.28. The Balaban J connectivity index is 1.40. The Hall–Kier alpha value is -3.26. The number of aromatic nitrogens is 2. The van der Waals surface area contributed by atoms with E-state index < -0.39 is 5.82 Å². The second-order valence-corrected chi connectivity index (χ2v) is 7.98. The van der Waals surface area contributed by atoms with E-state index in [1.54, 1.807) is 18.2 Å². The number of carbonyl (C=O) groups is 1. The van der Waals surface area contributed by atoms with Gasteiger partial charge in [-0.25, -0.2) is 18.7 Å². The quantitative estimate of drug-likeness (QED) is 0.564. The number of anilines is 1. The van der Waals surface area contributed by atoms with Crippen molar-refractivity contribution in [2.45, 2.75) is 19.4 Å². The van der Waals surface area contributed by atoms with Gasteiger partial charge >= 0.3 is 0 Å². The number of nitrogens with zero attached hydrogens (tertiary/aromatic N) is 4. The van der Waals surface area contributed by atoms with Crippen molar-refractivity contribution >= 4 is 23.3 Å². The molecule has 1 atom stereocenters. The Bertz CT molecular complexity index is 1110. The predicted octanol–water partition coefficient (Wildman–Crippen LogP) is 4.48. The van der Waals surface area contributed by atoms with Crippen LogP contribution < -0.4 is 9.64 Å². The molecule has 32 heavy (non-hydrogen) atoms. The van der Waals surface area contributed by atoms with Gasteiger partial charge in [0.15, 0.2) is 0 Å². The summed E-state index contributed by atoms with van der Waals surface area (Å²) in [7, 11) is 0. The maximum Gasteiger partial charge on any atom is 0.227 e. The van der Waals surface area contributed by atoms with Crippen molar-refractivity contribution in [2.75, 3.05) is 24.5 Å². The van der Waals surface area contributed by atoms with Crippen LogP contribution in [0.3, 0.4) is 0 Å². The van der Waals surface area contributed by atoms with E-state index in [1.165, 1.54) is 36.7 Å². The number of benzene rings is 2. The number of rotatable bonds is 5. The summed E-state index contributed by atoms with van der Waals surface area (Å²) in [6.07, 6.45) is 1.62. The summed E-state index contributed by atoms with van der Waals surface area (Å²) < 4.78 is 32.0. The minimum atomic E-state index is -0.452. The smallest absolute Gasteiger partial charge is 0.227 e. The lowest BCUT2D eigenvalue weighted by molar-refractivity contribution is -0.132. The van der Waals surface area contributed by atoms with E-state index in [0.29, 0.717) is 31.2 Å². The van der Waals surface area contributed by atoms with E-state index in [-0.39, 0.29) is 35.1 Å². The van der Waals surface area contributed by atoms with Crippen molar-refractivity contribution in [3.63, 3.8) is 0 Å². The van der Waals surface area contributed by atoms with Gasteiger partial charge in [-0.2, -0.15) is 0 Å². The van der Waals surface area contributed by atoms with E-state index in [2.05, 4.69) is 9.97 Å². The first-order chi connectivity index (χ1) is 15.4. The van der Waals surface area contributed by atoms with Crippen LogP contribution in [0.15, 0.2) is 54.9 Å². The van der Waals surface area contributed by atoms with Gasteiger partial charge in [0.25, 0.3) is 0 Å². The number of piperazine rings is 1. The van der Waals surface area contributed by atoms with Crippen LogP contribution >= 0.6 is 11.6 Å². The van der Waals surface area contributed by atoms with Crippen molar-refractivity contribution in [3.05, 3.63) is 77.1 Å². The Labute approximate surface area is 189 Å². The highest BCUT2D eigenvalue weighted by Crippen LogP contribution is 2.30. The standard InChI is InChI=1S/C23H21ClF2N4O2/c1-15-13-29(8-9-30(15)23(31)10-16-2-4-17(25)5-3-16)21-12-22(28-14-27-21)32-20-7-6-18(26)11-19(20)24/h2-7,11-12,14-15H,8-10,13H2,1H3/t15-/m0/s1. The molecule has 0 radical (unpaired) electrons. The number of amides is 1. The normalized spacial score (nSPS) is 16.2. The molecule has 1 aromatic heterocycles. The van der Waals surface area contributed by atoms with Crippen molar-refractivity contribution < 1.29 is 18.3 Å². The van der Waals surface area contributed by atoms with Gasteiger partial charge in [-0.05, 0) is 42.8 Å². The van der Waals surface area contributed by atoms with E-state index in [1.807, 2.05) is 16.7 Å². The largest absolute Gasteiger partial charge is 0.437 e. The second-order valence-electron chi connectivity index (χ2n) is 7.58. The van der Waals surface area contributed by atoms with Gasteiger partial charge in [0.1, 0.15) is 29.5 Å². The van der Waals surface area contributed by atoms with E-state index in [9.17, 15) is 13.6 Å². The molecule has 0 spiro atoms. The van der Waals surface area contributed by atoms with Gasteiger partial charge in [0.2, 0.25) is 11.8 Å². The van der Waals surface area contributed by atoms with Crippen LogP contribution in [0.4, 0.5) is 14.6 Å². The van der Waals surface area contributed by atoms with Crippen LogP contribution in [0, 0.1) is 11.6 Å². The van der Waals surface area contributed by atoms with Crippen molar-refractivity contribution in [3.8, 4) is 11.6 Å². The Morgan fingerprint density at radius 2 is 1.84 bits per heavy atom. The van der Waals surface area contributed by atoms with Gasteiger partial charge in [0, 0.05) is 31.7 Å². The zero-order valence-electron chi connectivity index (χ0n) is 17.3. The predicted molar refractivity (Wildman–Crippen MR) is 117 cm³/mol. The van der Waals surface area contributed by atoms with Gasteiger partial charge < -0.3 is 14.5 Å². The first-order valence-electron chi connectivity index (χ1n) is 10.1. The monoisotopic (exact) mass is 458 g/mol. The molecule has 1 aliphatic heterocycles. The third kappa shape index (κ3) is 5.13. The number of hydrogen-bond acceptors (Lipinski definition) is 5. The average molecular weight is 459 g/mol. The highest BCUT2D eigenvalue weighted by Gasteiger charge is 2.28. The summed E-state index contributed by atoms with van der Waals surface area (Å²) >= 11 is 6.02. The molecule has 1 aliphatic rings. The van der Waals surface area contributed by atoms with E-state index in [0.717, 1.165) is 5.56 Å². The van der Waals surface area contributed by atoms with Gasteiger partial charge in [-0.1, -0.05) is 23.7 Å². The number of halogens is 3. The molecule has 1 fully saturated rings. The summed E-state index contributed by atoms with van der Waals surface area (Å²) in [5.41, 5.74) is 0.781. The highest BCUT2D eigenvalue weighted by atomic mass is 35.5. The van der Waals surface area contributed by atoms with E-state index in [4.69, 9.17) is 16.3 Å². The fourth-order valence-corrected chi connectivity index (χ4v) is 3.85. The van der Waals surface area contributed by atoms with Crippen LogP contribution in [-0.2, 0) is 11.2 Å². The fourth-order valence-electron chi connectivity index (χ4n) is 3.64. The molecule has 6 nitrogen and oxygen atoms in total. The van der Waals surface area contributed by atoms with Gasteiger partial charge in [-0.15, -0.1) is 0 Å². The van der Waals surface area contributed by atoms with Gasteiger partial charge in [-0.3, -0.25) is 4.79 Å². The Morgan fingerprint density at radius 1 is 1.09 bits per heavy atom. The Morgan fingerprint density at radius 3 is 2.56 bits per heavy atom. The lowest BCUT2D eigenvalue weighted by Crippen LogP contribution is -2.54. The molecule has 0 N–H and O–H groups in total. The maximum absolute atomic E-state index is 13.2. The number of carbonyl (C=O) groups excluding carboxylic acids is 1. The fraction of sp³-hybridized carbons (Fsp3) is 0.261. The molecule has 2 heterocycles. The zero-order valence-corrected chi connectivity index (χ0v) is 18.1. The molecule has 0 unspecified atom stereocenters. The summed E-state index contributed by atoms with van der Waals surface area (Å²) in [5.74, 6) is 0.463. The molecular weight excluding hydrogens is 438 g/mol. The number of hydrogen-bond donors (Lipinski definition) is 0. The van der Waals surface area contributed by atoms with Crippen molar-refractivity contribution in [2.24, 2.45) is 0 Å². The molecule has 9 heteroatoms. The lowest BCUT2D eigenvalue weighted by atomic mass is 10.1. The summed E-state index contributed by atoms with van der Waals surface area (Å²) in [6, 6.07) is 11.5. The molecule has 1 amide bonds. The zero-order chi connectivity index (χ0) is 22.7. The number of ether oxygens (including phenoxy) is 1. The third-order valence-corrected chi connectivity index (χ3v) is 5.57. The van der Waals surface area contributed by atoms with Crippen LogP contribution in [-0.4, -0.2) is 46.5 Å². The molecule has 166 valence electrons. The van der Waals surface area contributed by atoms with Crippen LogP contribution in [0.5, 0.6) is 11.6 Å². The Kier molecular flexibility index (Phi) is 6.50. The van der Waals surface area contributed by atoms with Crippen LogP contribution in [0.2, 0.25) is 5.02 Å². The van der Waals surface area contributed by atoms with Crippen molar-refractivity contribution in [1.82, 2.24) is 14.9 Å². The molecular formula is C23H21ClF2N4O2. The first-order valence-corrected chi connectivity index (χ1v) is 10.5. The maximum atomic E-state index is 13.2. The lowest BCUT2D eigenvalue weighted by Gasteiger charge is -2.40. The summed E-state index contributed by atoms with van der Waals surface area (Å²) in [6.45, 7) is 3.69. The SMILES string of the molecule is C[C@H]1CN(c2cc(Oc3ccc(F)cc3Cl)ncn2)CCN1C(=O)Cc1ccc(F)cc1. The second kappa shape index (κ2) is 9.48. The van der Waals surface area contributed by atoms with E-state index >= 15 is 0 Å².